The number of nitrogens with zero attached hydrogens (tertiary/aromatic N) is 1. The first-order chi connectivity index (χ1) is 13.5. The van der Waals surface area contributed by atoms with Gasteiger partial charge in [-0.05, 0) is 48.0 Å². The average molecular weight is 412 g/mol. The summed E-state index contributed by atoms with van der Waals surface area (Å²) in [5, 5.41) is 2.78. The van der Waals surface area contributed by atoms with Crippen LogP contribution in [0.15, 0.2) is 48.5 Å². The molecule has 0 bridgehead atoms. The van der Waals surface area contributed by atoms with E-state index in [0.29, 0.717) is 28.8 Å². The minimum absolute atomic E-state index is 0.449. The van der Waals surface area contributed by atoms with Gasteiger partial charge in [0.2, 0.25) is 5.91 Å². The highest BCUT2D eigenvalue weighted by molar-refractivity contribution is 6.36. The molecule has 6 heteroatoms. The molecule has 1 heterocycles. The maximum atomic E-state index is 12.0. The molecule has 0 fully saturated rings. The Balaban J connectivity index is 2.05. The zero-order valence-corrected chi connectivity index (χ0v) is 16.6. The number of ether oxygens (including phenoxy) is 1. The molecule has 28 heavy (non-hydrogen) atoms. The van der Waals surface area contributed by atoms with Crippen LogP contribution in [0.5, 0.6) is 0 Å². The number of nitrogens with two attached hydrogens (primary N) is 1. The van der Waals surface area contributed by atoms with Crippen LogP contribution in [0.3, 0.4) is 0 Å². The maximum Gasteiger partial charge on any atom is 0.249 e. The molecule has 0 aliphatic carbocycles. The number of carbonyl (C=O) groups excluding carboxylic acids is 1. The molecule has 0 saturated carbocycles. The highest BCUT2D eigenvalue weighted by Crippen LogP contribution is 2.34. The fourth-order valence-electron chi connectivity index (χ4n) is 3.57. The number of aromatic nitrogens is 1. The van der Waals surface area contributed by atoms with E-state index < -0.39 is 5.91 Å². The summed E-state index contributed by atoms with van der Waals surface area (Å²) < 4.78 is 7.35. The van der Waals surface area contributed by atoms with Crippen molar-refractivity contribution in [1.82, 2.24) is 4.57 Å². The minimum Gasteiger partial charge on any atom is -0.380 e. The third kappa shape index (κ3) is 3.14. The molecule has 4 aromatic rings. The molecule has 4 nitrogen and oxygen atoms in total. The molecule has 0 aliphatic rings. The second-order valence-electron chi connectivity index (χ2n) is 6.55. The van der Waals surface area contributed by atoms with E-state index in [1.54, 1.807) is 13.2 Å². The normalized spacial score (nSPS) is 11.4. The van der Waals surface area contributed by atoms with Crippen molar-refractivity contribution in [3.8, 4) is 0 Å². The summed E-state index contributed by atoms with van der Waals surface area (Å²) in [4.78, 5) is 12.0. The van der Waals surface area contributed by atoms with Crippen molar-refractivity contribution >= 4 is 50.9 Å². The second-order valence-corrected chi connectivity index (χ2v) is 7.37. The predicted molar refractivity (Wildman–Crippen MR) is 113 cm³/mol. The van der Waals surface area contributed by atoms with Gasteiger partial charge in [-0.3, -0.25) is 4.79 Å². The zero-order valence-electron chi connectivity index (χ0n) is 15.1. The predicted octanol–water partition coefficient (Wildman–Crippen LogP) is 5.20. The van der Waals surface area contributed by atoms with Gasteiger partial charge < -0.3 is 15.0 Å². The largest absolute Gasteiger partial charge is 0.380 e. The summed E-state index contributed by atoms with van der Waals surface area (Å²) in [6, 6.07) is 18.2. The van der Waals surface area contributed by atoms with Gasteiger partial charge in [0.05, 0.1) is 24.2 Å². The Labute approximate surface area is 172 Å². The van der Waals surface area contributed by atoms with E-state index in [1.807, 2.05) is 42.5 Å². The smallest absolute Gasteiger partial charge is 0.249 e. The van der Waals surface area contributed by atoms with E-state index in [-0.39, 0.29) is 0 Å². The topological polar surface area (TPSA) is 57.2 Å². The SMILES string of the molecule is COCc1c[c]c2c3c(C(N)=O)cccc3n(Cc3c(Cl)cccc3Cl)c2c1. The third-order valence-corrected chi connectivity index (χ3v) is 5.52. The van der Waals surface area contributed by atoms with Gasteiger partial charge in [0.1, 0.15) is 0 Å². The lowest BCUT2D eigenvalue weighted by molar-refractivity contribution is 0.100. The third-order valence-electron chi connectivity index (χ3n) is 4.81. The van der Waals surface area contributed by atoms with Gasteiger partial charge in [-0.25, -0.2) is 0 Å². The lowest BCUT2D eigenvalue weighted by atomic mass is 10.0. The van der Waals surface area contributed by atoms with Crippen molar-refractivity contribution in [2.45, 2.75) is 13.2 Å². The first kappa shape index (κ1) is 18.8. The van der Waals surface area contributed by atoms with Gasteiger partial charge in [-0.1, -0.05) is 35.3 Å². The molecule has 0 atom stereocenters. The van der Waals surface area contributed by atoms with Crippen molar-refractivity contribution in [1.29, 1.82) is 0 Å². The molecule has 0 saturated heterocycles. The van der Waals surface area contributed by atoms with Crippen LogP contribution < -0.4 is 5.73 Å². The van der Waals surface area contributed by atoms with Crippen LogP contribution in [0.25, 0.3) is 21.8 Å². The molecule has 0 unspecified atom stereocenters. The number of hydrogen-bond donors (Lipinski definition) is 1. The average Bonchev–Trinajstić information content (AvgIpc) is 2.98. The summed E-state index contributed by atoms with van der Waals surface area (Å²) in [7, 11) is 1.65. The van der Waals surface area contributed by atoms with Gasteiger partial charge in [0.25, 0.3) is 0 Å². The Bertz CT molecular complexity index is 1190. The minimum atomic E-state index is -0.477. The molecule has 1 aromatic heterocycles. The summed E-state index contributed by atoms with van der Waals surface area (Å²) in [6.07, 6.45) is 0. The Morgan fingerprint density at radius 1 is 1.14 bits per heavy atom. The quantitative estimate of drug-likeness (QED) is 0.490. The lowest BCUT2D eigenvalue weighted by Gasteiger charge is -2.12. The number of halogens is 2. The fraction of sp³-hybridized carbons (Fsp3) is 0.136. The molecule has 1 radical (unpaired) electrons. The zero-order chi connectivity index (χ0) is 19.8. The number of amides is 1. The number of hydrogen-bond acceptors (Lipinski definition) is 2. The number of rotatable bonds is 5. The van der Waals surface area contributed by atoms with Crippen LogP contribution in [0, 0.1) is 6.07 Å². The molecule has 0 spiro atoms. The van der Waals surface area contributed by atoms with E-state index in [2.05, 4.69) is 10.6 Å². The summed E-state index contributed by atoms with van der Waals surface area (Å²) in [5.74, 6) is -0.477. The van der Waals surface area contributed by atoms with E-state index in [9.17, 15) is 4.79 Å². The van der Waals surface area contributed by atoms with Crippen LogP contribution in [0.1, 0.15) is 21.5 Å². The number of benzene rings is 3. The highest BCUT2D eigenvalue weighted by atomic mass is 35.5. The van der Waals surface area contributed by atoms with E-state index in [4.69, 9.17) is 33.7 Å². The van der Waals surface area contributed by atoms with Gasteiger partial charge in [-0.15, -0.1) is 0 Å². The van der Waals surface area contributed by atoms with Crippen molar-refractivity contribution in [3.05, 3.63) is 81.3 Å². The van der Waals surface area contributed by atoms with Crippen LogP contribution in [-0.4, -0.2) is 17.6 Å². The van der Waals surface area contributed by atoms with E-state index >= 15 is 0 Å². The van der Waals surface area contributed by atoms with E-state index in [0.717, 1.165) is 32.9 Å². The van der Waals surface area contributed by atoms with Crippen LogP contribution >= 0.6 is 23.2 Å². The Morgan fingerprint density at radius 3 is 2.54 bits per heavy atom. The fourth-order valence-corrected chi connectivity index (χ4v) is 4.08. The molecule has 4 rings (SSSR count). The summed E-state index contributed by atoms with van der Waals surface area (Å²) >= 11 is 12.8. The van der Waals surface area contributed by atoms with Crippen molar-refractivity contribution in [2.75, 3.05) is 7.11 Å². The molecule has 2 N–H and O–H groups in total. The van der Waals surface area contributed by atoms with Crippen molar-refractivity contribution in [2.24, 2.45) is 5.73 Å². The second kappa shape index (κ2) is 7.47. The monoisotopic (exact) mass is 411 g/mol. The first-order valence-electron chi connectivity index (χ1n) is 8.68. The van der Waals surface area contributed by atoms with Crippen LogP contribution in [0.2, 0.25) is 10.0 Å². The Kier molecular flexibility index (Phi) is 5.02. The number of fused-ring (bicyclic) bond motifs is 3. The molecule has 141 valence electrons. The molecular weight excluding hydrogens is 395 g/mol. The van der Waals surface area contributed by atoms with Gasteiger partial charge >= 0.3 is 0 Å². The van der Waals surface area contributed by atoms with Gasteiger partial charge in [-0.2, -0.15) is 0 Å². The lowest BCUT2D eigenvalue weighted by Crippen LogP contribution is -2.11. The summed E-state index contributed by atoms with van der Waals surface area (Å²) in [6.45, 7) is 0.911. The summed E-state index contributed by atoms with van der Waals surface area (Å²) in [5.41, 5.74) is 9.66. The maximum absolute atomic E-state index is 12.0. The van der Waals surface area contributed by atoms with Gasteiger partial charge in [0, 0.05) is 39.1 Å². The number of primary amides is 1. The Hall–Kier alpha value is -2.53. The van der Waals surface area contributed by atoms with Crippen molar-refractivity contribution < 1.29 is 9.53 Å². The number of methoxy groups -OCH3 is 1. The van der Waals surface area contributed by atoms with Crippen molar-refractivity contribution in [3.63, 3.8) is 0 Å². The molecule has 1 amide bonds. The van der Waals surface area contributed by atoms with E-state index in [1.165, 1.54) is 0 Å². The molecule has 3 aromatic carbocycles. The standard InChI is InChI=1S/C22H17Cl2N2O2/c1-28-12-13-8-9-14-20(10-13)26(11-16-17(23)5-3-6-18(16)24)19-7-2-4-15(21(14)19)22(25)27/h2-8,10H,11-12H2,1H3,(H2,25,27). The number of carbonyl (C=O) groups is 1. The first-order valence-corrected chi connectivity index (χ1v) is 9.44. The Morgan fingerprint density at radius 2 is 1.86 bits per heavy atom. The molecule has 0 aliphatic heterocycles. The van der Waals surface area contributed by atoms with Crippen LogP contribution in [-0.2, 0) is 17.9 Å². The molecular formula is C22H17Cl2N2O2. The highest BCUT2D eigenvalue weighted by Gasteiger charge is 2.18. The van der Waals surface area contributed by atoms with Crippen LogP contribution in [0.4, 0.5) is 0 Å². The van der Waals surface area contributed by atoms with Gasteiger partial charge in [0.15, 0.2) is 0 Å².